The molecule has 1 aromatic rings. The van der Waals surface area contributed by atoms with Gasteiger partial charge in [-0.3, -0.25) is 9.69 Å². The molecule has 1 fully saturated rings. The summed E-state index contributed by atoms with van der Waals surface area (Å²) in [4.78, 5) is 14.1. The first-order valence-corrected chi connectivity index (χ1v) is 6.51. The first-order chi connectivity index (χ1) is 9.16. The van der Waals surface area contributed by atoms with E-state index < -0.39 is 0 Å². The van der Waals surface area contributed by atoms with Crippen LogP contribution in [0.2, 0.25) is 0 Å². The molecule has 1 aliphatic heterocycles. The second kappa shape index (κ2) is 6.63. The van der Waals surface area contributed by atoms with Gasteiger partial charge in [0.15, 0.2) is 0 Å². The molecule has 104 valence electrons. The third-order valence-electron chi connectivity index (χ3n) is 3.35. The van der Waals surface area contributed by atoms with Crippen molar-refractivity contribution in [1.82, 2.24) is 10.2 Å². The van der Waals surface area contributed by atoms with E-state index in [1.807, 2.05) is 6.92 Å². The Bertz CT molecular complexity index is 416. The zero-order valence-corrected chi connectivity index (χ0v) is 11.1. The van der Waals surface area contributed by atoms with E-state index >= 15 is 0 Å². The van der Waals surface area contributed by atoms with E-state index in [9.17, 15) is 9.18 Å². The molecule has 19 heavy (non-hydrogen) atoms. The van der Waals surface area contributed by atoms with E-state index in [-0.39, 0.29) is 17.8 Å². The average Bonchev–Trinajstić information content (AvgIpc) is 2.46. The summed E-state index contributed by atoms with van der Waals surface area (Å²) >= 11 is 0. The van der Waals surface area contributed by atoms with Gasteiger partial charge in [0.25, 0.3) is 0 Å². The molecule has 1 amide bonds. The highest BCUT2D eigenvalue weighted by molar-refractivity contribution is 5.81. The highest BCUT2D eigenvalue weighted by atomic mass is 19.1. The summed E-state index contributed by atoms with van der Waals surface area (Å²) in [6, 6.07) is 5.98. The van der Waals surface area contributed by atoms with Gasteiger partial charge in [0.05, 0.1) is 19.3 Å². The van der Waals surface area contributed by atoms with Crippen molar-refractivity contribution >= 4 is 5.91 Å². The summed E-state index contributed by atoms with van der Waals surface area (Å²) in [5.74, 6) is -0.275. The number of carbonyl (C=O) groups excluding carboxylic acids is 1. The first-order valence-electron chi connectivity index (χ1n) is 6.51. The van der Waals surface area contributed by atoms with Gasteiger partial charge in [-0.25, -0.2) is 4.39 Å². The topological polar surface area (TPSA) is 41.6 Å². The lowest BCUT2D eigenvalue weighted by Crippen LogP contribution is -2.49. The number of hydrogen-bond donors (Lipinski definition) is 1. The van der Waals surface area contributed by atoms with Crippen LogP contribution in [0.3, 0.4) is 0 Å². The maximum atomic E-state index is 12.8. The molecule has 0 aromatic heterocycles. The summed E-state index contributed by atoms with van der Waals surface area (Å²) in [7, 11) is 0. The monoisotopic (exact) mass is 266 g/mol. The van der Waals surface area contributed by atoms with E-state index in [0.717, 1.165) is 18.7 Å². The fourth-order valence-electron chi connectivity index (χ4n) is 2.07. The quantitative estimate of drug-likeness (QED) is 0.889. The Balaban J connectivity index is 1.81. The normalized spacial score (nSPS) is 18.0. The van der Waals surface area contributed by atoms with Crippen LogP contribution in [-0.4, -0.2) is 43.2 Å². The van der Waals surface area contributed by atoms with Crippen molar-refractivity contribution in [3.05, 3.63) is 35.6 Å². The van der Waals surface area contributed by atoms with Gasteiger partial charge in [0.1, 0.15) is 5.82 Å². The van der Waals surface area contributed by atoms with Crippen LogP contribution in [0.1, 0.15) is 12.5 Å². The summed E-state index contributed by atoms with van der Waals surface area (Å²) in [5, 5.41) is 2.87. The predicted octanol–water partition coefficient (Wildman–Crippen LogP) is 1.16. The van der Waals surface area contributed by atoms with Gasteiger partial charge in [0.2, 0.25) is 5.91 Å². The maximum Gasteiger partial charge on any atom is 0.237 e. The van der Waals surface area contributed by atoms with E-state index in [1.165, 1.54) is 12.1 Å². The minimum absolute atomic E-state index is 0.00812. The number of benzene rings is 1. The number of ether oxygens (including phenoxy) is 1. The van der Waals surface area contributed by atoms with E-state index in [0.29, 0.717) is 19.8 Å². The van der Waals surface area contributed by atoms with Crippen molar-refractivity contribution in [2.24, 2.45) is 0 Å². The predicted molar refractivity (Wildman–Crippen MR) is 70.1 cm³/mol. The molecule has 0 unspecified atom stereocenters. The molecule has 1 atom stereocenters. The molecule has 2 rings (SSSR count). The van der Waals surface area contributed by atoms with Crippen molar-refractivity contribution in [2.45, 2.75) is 19.5 Å². The Morgan fingerprint density at radius 2 is 2.00 bits per heavy atom. The Morgan fingerprint density at radius 1 is 1.37 bits per heavy atom. The Morgan fingerprint density at radius 3 is 2.63 bits per heavy atom. The third kappa shape index (κ3) is 4.01. The van der Waals surface area contributed by atoms with Crippen LogP contribution in [0.5, 0.6) is 0 Å². The standard InChI is InChI=1S/C14H19FN2O2/c1-11(17-6-8-19-9-7-17)14(18)16-10-12-2-4-13(15)5-3-12/h2-5,11H,6-10H2,1H3,(H,16,18)/t11-/m1/s1. The smallest absolute Gasteiger partial charge is 0.237 e. The first kappa shape index (κ1) is 14.0. The highest BCUT2D eigenvalue weighted by Crippen LogP contribution is 2.05. The van der Waals surface area contributed by atoms with Crippen LogP contribution in [0.25, 0.3) is 0 Å². The molecule has 1 aliphatic rings. The minimum atomic E-state index is -0.267. The SMILES string of the molecule is C[C@H](C(=O)NCc1ccc(F)cc1)N1CCOCC1. The molecule has 1 aromatic carbocycles. The van der Waals surface area contributed by atoms with Gasteiger partial charge in [-0.05, 0) is 24.6 Å². The zero-order valence-electron chi connectivity index (χ0n) is 11.1. The Labute approximate surface area is 112 Å². The Kier molecular flexibility index (Phi) is 4.87. The fourth-order valence-corrected chi connectivity index (χ4v) is 2.07. The molecule has 0 aliphatic carbocycles. The highest BCUT2D eigenvalue weighted by Gasteiger charge is 2.22. The number of morpholine rings is 1. The second-order valence-electron chi connectivity index (χ2n) is 4.67. The van der Waals surface area contributed by atoms with Gasteiger partial charge >= 0.3 is 0 Å². The molecule has 1 heterocycles. The lowest BCUT2D eigenvalue weighted by molar-refractivity contribution is -0.127. The molecular weight excluding hydrogens is 247 g/mol. The van der Waals surface area contributed by atoms with Gasteiger partial charge in [0, 0.05) is 19.6 Å². The molecule has 1 saturated heterocycles. The lowest BCUT2D eigenvalue weighted by atomic mass is 10.2. The van der Waals surface area contributed by atoms with Crippen LogP contribution < -0.4 is 5.32 Å². The maximum absolute atomic E-state index is 12.8. The summed E-state index contributed by atoms with van der Waals surface area (Å²) in [6.07, 6.45) is 0. The molecular formula is C14H19FN2O2. The summed E-state index contributed by atoms with van der Waals surface area (Å²) in [5.41, 5.74) is 0.893. The second-order valence-corrected chi connectivity index (χ2v) is 4.67. The van der Waals surface area contributed by atoms with Crippen molar-refractivity contribution in [3.63, 3.8) is 0 Å². The molecule has 0 bridgehead atoms. The molecule has 0 radical (unpaired) electrons. The van der Waals surface area contributed by atoms with Gasteiger partial charge in [-0.2, -0.15) is 0 Å². The number of carbonyl (C=O) groups is 1. The van der Waals surface area contributed by atoms with Crippen LogP contribution in [0, 0.1) is 5.82 Å². The number of nitrogens with one attached hydrogen (secondary N) is 1. The molecule has 0 spiro atoms. The molecule has 5 heteroatoms. The number of halogens is 1. The van der Waals surface area contributed by atoms with Crippen molar-refractivity contribution in [2.75, 3.05) is 26.3 Å². The van der Waals surface area contributed by atoms with Crippen molar-refractivity contribution in [1.29, 1.82) is 0 Å². The minimum Gasteiger partial charge on any atom is -0.379 e. The van der Waals surface area contributed by atoms with Crippen molar-refractivity contribution < 1.29 is 13.9 Å². The third-order valence-corrected chi connectivity index (χ3v) is 3.35. The Hall–Kier alpha value is -1.46. The van der Waals surface area contributed by atoms with Crippen molar-refractivity contribution in [3.8, 4) is 0 Å². The largest absolute Gasteiger partial charge is 0.379 e. The van der Waals surface area contributed by atoms with Gasteiger partial charge in [-0.1, -0.05) is 12.1 Å². The van der Waals surface area contributed by atoms with Crippen LogP contribution >= 0.6 is 0 Å². The summed E-state index contributed by atoms with van der Waals surface area (Å²) in [6.45, 7) is 5.24. The van der Waals surface area contributed by atoms with Gasteiger partial charge < -0.3 is 10.1 Å². The van der Waals surface area contributed by atoms with E-state index in [1.54, 1.807) is 12.1 Å². The number of nitrogens with zero attached hydrogens (tertiary/aromatic N) is 1. The molecule has 1 N–H and O–H groups in total. The van der Waals surface area contributed by atoms with Crippen LogP contribution in [-0.2, 0) is 16.1 Å². The van der Waals surface area contributed by atoms with E-state index in [2.05, 4.69) is 10.2 Å². The fraction of sp³-hybridized carbons (Fsp3) is 0.500. The number of hydrogen-bond acceptors (Lipinski definition) is 3. The molecule has 0 saturated carbocycles. The van der Waals surface area contributed by atoms with Crippen LogP contribution in [0.4, 0.5) is 4.39 Å². The van der Waals surface area contributed by atoms with Gasteiger partial charge in [-0.15, -0.1) is 0 Å². The number of rotatable bonds is 4. The lowest BCUT2D eigenvalue weighted by Gasteiger charge is -2.31. The summed E-state index contributed by atoms with van der Waals surface area (Å²) < 4.78 is 18.0. The number of amides is 1. The zero-order chi connectivity index (χ0) is 13.7. The van der Waals surface area contributed by atoms with Crippen LogP contribution in [0.15, 0.2) is 24.3 Å². The van der Waals surface area contributed by atoms with E-state index in [4.69, 9.17) is 4.74 Å². The average molecular weight is 266 g/mol. The molecule has 4 nitrogen and oxygen atoms in total.